The maximum Gasteiger partial charge on any atom is 0.240 e. The number of sulfonamides is 1. The van der Waals surface area contributed by atoms with Gasteiger partial charge in [-0.2, -0.15) is 0 Å². The Bertz CT molecular complexity index is 545. The third kappa shape index (κ3) is 3.98. The fourth-order valence-corrected chi connectivity index (χ4v) is 3.38. The highest BCUT2D eigenvalue weighted by atomic mass is 79.9. The molecule has 2 rings (SSSR count). The van der Waals surface area contributed by atoms with Gasteiger partial charge in [-0.05, 0) is 53.5 Å². The van der Waals surface area contributed by atoms with E-state index < -0.39 is 15.8 Å². The van der Waals surface area contributed by atoms with Crippen LogP contribution in [0.25, 0.3) is 0 Å². The van der Waals surface area contributed by atoms with Crippen LogP contribution < -0.4 is 10.0 Å². The summed E-state index contributed by atoms with van der Waals surface area (Å²) in [6.07, 6.45) is 3.19. The minimum atomic E-state index is -3.65. The molecule has 0 saturated carbocycles. The fraction of sp³-hybridized carbons (Fsp3) is 0.500. The van der Waals surface area contributed by atoms with E-state index >= 15 is 0 Å². The standard InChI is InChI=1S/C12H16BrFN2O2S/c13-11-5-4-10(7-12(11)14)19(17,18)16-8-9-3-1-2-6-15-9/h4-5,7,9,15-16H,1-3,6,8H2. The zero-order valence-corrected chi connectivity index (χ0v) is 12.7. The van der Waals surface area contributed by atoms with Crippen LogP contribution in [0.5, 0.6) is 0 Å². The molecule has 7 heteroatoms. The van der Waals surface area contributed by atoms with E-state index in [4.69, 9.17) is 0 Å². The zero-order valence-electron chi connectivity index (χ0n) is 10.3. The first-order valence-corrected chi connectivity index (χ1v) is 8.45. The van der Waals surface area contributed by atoms with Gasteiger partial charge in [0.05, 0.1) is 9.37 Å². The van der Waals surface area contributed by atoms with Gasteiger partial charge in [0.25, 0.3) is 0 Å². The summed E-state index contributed by atoms with van der Waals surface area (Å²) in [6, 6.07) is 3.94. The minimum absolute atomic E-state index is 0.0518. The van der Waals surface area contributed by atoms with Crippen molar-refractivity contribution < 1.29 is 12.8 Å². The highest BCUT2D eigenvalue weighted by Crippen LogP contribution is 2.19. The van der Waals surface area contributed by atoms with E-state index in [2.05, 4.69) is 26.0 Å². The summed E-state index contributed by atoms with van der Waals surface area (Å²) in [6.45, 7) is 1.25. The Morgan fingerprint density at radius 2 is 2.21 bits per heavy atom. The summed E-state index contributed by atoms with van der Waals surface area (Å²) in [5, 5.41) is 3.26. The first-order chi connectivity index (χ1) is 8.99. The second-order valence-electron chi connectivity index (χ2n) is 4.57. The van der Waals surface area contributed by atoms with Crippen molar-refractivity contribution in [3.8, 4) is 0 Å². The molecule has 2 N–H and O–H groups in total. The maximum absolute atomic E-state index is 13.4. The summed E-state index contributed by atoms with van der Waals surface area (Å²) in [5.41, 5.74) is 0. The molecule has 0 aliphatic carbocycles. The highest BCUT2D eigenvalue weighted by molar-refractivity contribution is 9.10. The van der Waals surface area contributed by atoms with E-state index in [9.17, 15) is 12.8 Å². The summed E-state index contributed by atoms with van der Waals surface area (Å²) >= 11 is 3.00. The summed E-state index contributed by atoms with van der Waals surface area (Å²) in [4.78, 5) is -0.0518. The first-order valence-electron chi connectivity index (χ1n) is 6.17. The molecule has 0 amide bonds. The van der Waals surface area contributed by atoms with Gasteiger partial charge in [0.2, 0.25) is 10.0 Å². The second kappa shape index (κ2) is 6.30. The molecular weight excluding hydrogens is 335 g/mol. The van der Waals surface area contributed by atoms with Crippen LogP contribution in [0.15, 0.2) is 27.6 Å². The lowest BCUT2D eigenvalue weighted by Gasteiger charge is -2.23. The monoisotopic (exact) mass is 350 g/mol. The van der Waals surface area contributed by atoms with Crippen LogP contribution in [0, 0.1) is 5.82 Å². The van der Waals surface area contributed by atoms with Crippen LogP contribution in [-0.2, 0) is 10.0 Å². The van der Waals surface area contributed by atoms with Gasteiger partial charge >= 0.3 is 0 Å². The Morgan fingerprint density at radius 1 is 1.42 bits per heavy atom. The predicted octanol–water partition coefficient (Wildman–Crippen LogP) is 2.01. The molecule has 1 aliphatic rings. The molecule has 1 fully saturated rings. The van der Waals surface area contributed by atoms with Crippen LogP contribution in [0.4, 0.5) is 4.39 Å². The van der Waals surface area contributed by atoms with Crippen molar-refractivity contribution in [3.63, 3.8) is 0 Å². The average Bonchev–Trinajstić information content (AvgIpc) is 2.41. The molecule has 1 aliphatic heterocycles. The van der Waals surface area contributed by atoms with E-state index in [1.807, 2.05) is 0 Å². The number of piperidine rings is 1. The molecule has 0 bridgehead atoms. The van der Waals surface area contributed by atoms with Crippen LogP contribution in [0.3, 0.4) is 0 Å². The summed E-state index contributed by atoms with van der Waals surface area (Å²) < 4.78 is 40.2. The fourth-order valence-electron chi connectivity index (χ4n) is 2.04. The first kappa shape index (κ1) is 14.9. The molecular formula is C12H16BrFN2O2S. The number of hydrogen-bond donors (Lipinski definition) is 2. The van der Waals surface area contributed by atoms with Crippen molar-refractivity contribution >= 4 is 26.0 Å². The van der Waals surface area contributed by atoms with Gasteiger partial charge in [-0.3, -0.25) is 0 Å². The van der Waals surface area contributed by atoms with E-state index in [0.717, 1.165) is 31.9 Å². The lowest BCUT2D eigenvalue weighted by molar-refractivity contribution is 0.398. The third-order valence-electron chi connectivity index (χ3n) is 3.13. The van der Waals surface area contributed by atoms with E-state index in [1.54, 1.807) is 0 Å². The quantitative estimate of drug-likeness (QED) is 0.873. The maximum atomic E-state index is 13.4. The van der Waals surface area contributed by atoms with Crippen molar-refractivity contribution in [2.24, 2.45) is 0 Å². The van der Waals surface area contributed by atoms with Gasteiger partial charge in [0.15, 0.2) is 0 Å². The van der Waals surface area contributed by atoms with E-state index in [1.165, 1.54) is 12.1 Å². The van der Waals surface area contributed by atoms with Crippen molar-refractivity contribution in [3.05, 3.63) is 28.5 Å². The third-order valence-corrected chi connectivity index (χ3v) is 5.20. The Kier molecular flexibility index (Phi) is 4.94. The largest absolute Gasteiger partial charge is 0.313 e. The van der Waals surface area contributed by atoms with Gasteiger partial charge < -0.3 is 5.32 Å². The number of hydrogen-bond acceptors (Lipinski definition) is 3. The van der Waals surface area contributed by atoms with Gasteiger partial charge in [0.1, 0.15) is 5.82 Å². The van der Waals surface area contributed by atoms with Gasteiger partial charge in [-0.25, -0.2) is 17.5 Å². The van der Waals surface area contributed by atoms with E-state index in [-0.39, 0.29) is 15.4 Å². The van der Waals surface area contributed by atoms with Crippen LogP contribution in [0.2, 0.25) is 0 Å². The number of benzene rings is 1. The van der Waals surface area contributed by atoms with Crippen LogP contribution in [0.1, 0.15) is 19.3 Å². The Morgan fingerprint density at radius 3 is 2.84 bits per heavy atom. The number of nitrogens with one attached hydrogen (secondary N) is 2. The minimum Gasteiger partial charge on any atom is -0.313 e. The van der Waals surface area contributed by atoms with Gasteiger partial charge in [0, 0.05) is 12.6 Å². The predicted molar refractivity (Wildman–Crippen MR) is 74.9 cm³/mol. The molecule has 19 heavy (non-hydrogen) atoms. The second-order valence-corrected chi connectivity index (χ2v) is 7.20. The molecule has 0 aromatic heterocycles. The van der Waals surface area contributed by atoms with Gasteiger partial charge in [-0.15, -0.1) is 0 Å². The van der Waals surface area contributed by atoms with E-state index in [0.29, 0.717) is 6.54 Å². The Hall–Kier alpha value is -0.500. The SMILES string of the molecule is O=S(=O)(NCC1CCCCN1)c1ccc(Br)c(F)c1. The molecule has 1 aromatic carbocycles. The van der Waals surface area contributed by atoms with Crippen molar-refractivity contribution in [1.82, 2.24) is 10.0 Å². The average molecular weight is 351 g/mol. The Balaban J connectivity index is 2.02. The lowest BCUT2D eigenvalue weighted by Crippen LogP contribution is -2.43. The zero-order chi connectivity index (χ0) is 13.9. The smallest absolute Gasteiger partial charge is 0.240 e. The number of halogens is 2. The van der Waals surface area contributed by atoms with Crippen molar-refractivity contribution in [2.75, 3.05) is 13.1 Å². The lowest BCUT2D eigenvalue weighted by atomic mass is 10.1. The molecule has 1 atom stereocenters. The molecule has 1 unspecified atom stereocenters. The molecule has 106 valence electrons. The summed E-state index contributed by atoms with van der Waals surface area (Å²) in [7, 11) is -3.65. The number of rotatable bonds is 4. The van der Waals surface area contributed by atoms with Crippen LogP contribution >= 0.6 is 15.9 Å². The molecule has 0 radical (unpaired) electrons. The van der Waals surface area contributed by atoms with Crippen LogP contribution in [-0.4, -0.2) is 27.5 Å². The van der Waals surface area contributed by atoms with Crippen molar-refractivity contribution in [2.45, 2.75) is 30.2 Å². The molecule has 1 saturated heterocycles. The normalized spacial score (nSPS) is 20.4. The molecule has 0 spiro atoms. The van der Waals surface area contributed by atoms with Crippen molar-refractivity contribution in [1.29, 1.82) is 0 Å². The summed E-state index contributed by atoms with van der Waals surface area (Å²) in [5.74, 6) is -0.585. The molecule has 1 aromatic rings. The van der Waals surface area contributed by atoms with Gasteiger partial charge in [-0.1, -0.05) is 6.42 Å². The molecule has 1 heterocycles. The molecule has 4 nitrogen and oxygen atoms in total. The topological polar surface area (TPSA) is 58.2 Å². The highest BCUT2D eigenvalue weighted by Gasteiger charge is 2.19. The Labute approximate surface area is 121 Å².